The number of carboxylic acid groups (broad SMARTS) is 1. The zero-order chi connectivity index (χ0) is 25.1. The third-order valence-corrected chi connectivity index (χ3v) is 8.61. The van der Waals surface area contributed by atoms with E-state index in [9.17, 15) is 23.1 Å². The maximum atomic E-state index is 13.8. The average Bonchev–Trinajstić information content (AvgIpc) is 3.27. The van der Waals surface area contributed by atoms with Crippen molar-refractivity contribution in [2.24, 2.45) is 5.92 Å². The number of carbonyl (C=O) groups is 1. The van der Waals surface area contributed by atoms with E-state index >= 15 is 0 Å². The minimum absolute atomic E-state index is 0.0142. The number of aliphatic carboxylic acids is 1. The van der Waals surface area contributed by atoms with Crippen LogP contribution in [0.25, 0.3) is 10.9 Å². The summed E-state index contributed by atoms with van der Waals surface area (Å²) in [6, 6.07) is 12.5. The van der Waals surface area contributed by atoms with Crippen LogP contribution >= 0.6 is 0 Å². The fourth-order valence-electron chi connectivity index (χ4n) is 6.77. The standard InChI is InChI=1S/C29H30F3NO3/c30-29(31,32)24-13-18(5-9-23(24)19-3-1-2-4-19)17-36-22-8-10-25-20(14-22)15-26-28(16-27(34)35,21-6-7-21)11-12-33(25)26/h5,8-10,13-15,19,21H,1-4,6-7,11-12,16-17H2,(H,34,35). The van der Waals surface area contributed by atoms with Gasteiger partial charge in [-0.15, -0.1) is 0 Å². The van der Waals surface area contributed by atoms with E-state index in [1.807, 2.05) is 18.2 Å². The van der Waals surface area contributed by atoms with Gasteiger partial charge in [0.25, 0.3) is 0 Å². The minimum Gasteiger partial charge on any atom is -0.489 e. The van der Waals surface area contributed by atoms with Crippen molar-refractivity contribution in [3.63, 3.8) is 0 Å². The molecule has 1 aliphatic heterocycles. The molecular weight excluding hydrogens is 467 g/mol. The van der Waals surface area contributed by atoms with Gasteiger partial charge < -0.3 is 14.4 Å². The topological polar surface area (TPSA) is 51.5 Å². The predicted molar refractivity (Wildman–Crippen MR) is 130 cm³/mol. The predicted octanol–water partition coefficient (Wildman–Crippen LogP) is 7.42. The number of ether oxygens (including phenoxy) is 1. The molecule has 2 aliphatic carbocycles. The van der Waals surface area contributed by atoms with E-state index in [2.05, 4.69) is 10.6 Å². The Morgan fingerprint density at radius 2 is 1.83 bits per heavy atom. The lowest BCUT2D eigenvalue weighted by atomic mass is 9.75. The quantitative estimate of drug-likeness (QED) is 0.369. The molecule has 7 heteroatoms. The third-order valence-electron chi connectivity index (χ3n) is 8.61. The maximum absolute atomic E-state index is 13.8. The number of carboxylic acids is 1. The van der Waals surface area contributed by atoms with Gasteiger partial charge in [-0.25, -0.2) is 0 Å². The van der Waals surface area contributed by atoms with Crippen LogP contribution in [0.4, 0.5) is 13.2 Å². The fourth-order valence-corrected chi connectivity index (χ4v) is 6.77. The van der Waals surface area contributed by atoms with Crippen LogP contribution in [0.3, 0.4) is 0 Å². The molecule has 36 heavy (non-hydrogen) atoms. The Kier molecular flexibility index (Phi) is 5.58. The van der Waals surface area contributed by atoms with Crippen LogP contribution in [0.2, 0.25) is 0 Å². The molecule has 3 aromatic rings. The zero-order valence-electron chi connectivity index (χ0n) is 20.1. The van der Waals surface area contributed by atoms with Crippen molar-refractivity contribution in [3.8, 4) is 5.75 Å². The van der Waals surface area contributed by atoms with E-state index in [0.29, 0.717) is 22.8 Å². The highest BCUT2D eigenvalue weighted by Gasteiger charge is 2.52. The number of aryl methyl sites for hydroxylation is 1. The first kappa shape index (κ1) is 23.4. The van der Waals surface area contributed by atoms with E-state index in [4.69, 9.17) is 4.74 Å². The molecule has 2 saturated carbocycles. The lowest BCUT2D eigenvalue weighted by Crippen LogP contribution is -2.29. The number of nitrogens with zero attached hydrogens (tertiary/aromatic N) is 1. The van der Waals surface area contributed by atoms with Gasteiger partial charge in [-0.05, 0) is 85.4 Å². The van der Waals surface area contributed by atoms with Crippen LogP contribution in [0.15, 0.2) is 42.5 Å². The van der Waals surface area contributed by atoms with E-state index in [1.54, 1.807) is 12.1 Å². The lowest BCUT2D eigenvalue weighted by molar-refractivity contribution is -0.139. The first-order valence-corrected chi connectivity index (χ1v) is 12.9. The van der Waals surface area contributed by atoms with Crippen LogP contribution in [0, 0.1) is 5.92 Å². The van der Waals surface area contributed by atoms with Crippen molar-refractivity contribution in [1.82, 2.24) is 4.57 Å². The second kappa shape index (κ2) is 8.56. The fraction of sp³-hybridized carbons (Fsp3) is 0.483. The van der Waals surface area contributed by atoms with Gasteiger partial charge >= 0.3 is 12.1 Å². The first-order valence-electron chi connectivity index (χ1n) is 12.9. The molecule has 0 bridgehead atoms. The molecule has 6 rings (SSSR count). The van der Waals surface area contributed by atoms with Gasteiger partial charge in [-0.2, -0.15) is 13.2 Å². The van der Waals surface area contributed by atoms with E-state index in [0.717, 1.165) is 68.1 Å². The van der Waals surface area contributed by atoms with E-state index < -0.39 is 17.7 Å². The van der Waals surface area contributed by atoms with Gasteiger partial charge in [-0.3, -0.25) is 4.79 Å². The van der Waals surface area contributed by atoms with E-state index in [-0.39, 0.29) is 24.4 Å². The highest BCUT2D eigenvalue weighted by atomic mass is 19.4. The van der Waals surface area contributed by atoms with Crippen molar-refractivity contribution in [2.45, 2.75) is 82.0 Å². The SMILES string of the molecule is O=C(O)CC1(C2CC2)CCn2c1cc1cc(OCc3ccc(C4CCCC4)c(C(F)(F)F)c3)ccc12. The minimum atomic E-state index is -4.38. The van der Waals surface area contributed by atoms with Gasteiger partial charge in [-0.1, -0.05) is 25.0 Å². The molecule has 0 radical (unpaired) electrons. The number of hydrogen-bond donors (Lipinski definition) is 1. The van der Waals surface area contributed by atoms with Crippen molar-refractivity contribution in [2.75, 3.05) is 0 Å². The summed E-state index contributed by atoms with van der Waals surface area (Å²) < 4.78 is 49.6. The Morgan fingerprint density at radius 3 is 2.53 bits per heavy atom. The van der Waals surface area contributed by atoms with Crippen molar-refractivity contribution < 1.29 is 27.8 Å². The van der Waals surface area contributed by atoms with E-state index in [1.165, 1.54) is 6.07 Å². The van der Waals surface area contributed by atoms with Crippen LogP contribution in [0.5, 0.6) is 5.75 Å². The molecule has 2 fully saturated rings. The number of benzene rings is 2. The molecule has 2 heterocycles. The molecule has 1 atom stereocenters. The Labute approximate surface area is 208 Å². The normalized spacial score (nSPS) is 22.3. The number of rotatable bonds is 7. The van der Waals surface area contributed by atoms with Gasteiger partial charge in [0.2, 0.25) is 0 Å². The molecular formula is C29H30F3NO3. The van der Waals surface area contributed by atoms with Crippen molar-refractivity contribution >= 4 is 16.9 Å². The second-order valence-electron chi connectivity index (χ2n) is 10.8. The molecule has 0 spiro atoms. The smallest absolute Gasteiger partial charge is 0.416 e. The molecule has 4 nitrogen and oxygen atoms in total. The highest BCUT2D eigenvalue weighted by molar-refractivity contribution is 5.84. The summed E-state index contributed by atoms with van der Waals surface area (Å²) >= 11 is 0. The number of halogens is 3. The van der Waals surface area contributed by atoms with Gasteiger partial charge in [0.1, 0.15) is 12.4 Å². The second-order valence-corrected chi connectivity index (χ2v) is 10.8. The number of hydrogen-bond acceptors (Lipinski definition) is 2. The molecule has 0 saturated heterocycles. The van der Waals surface area contributed by atoms with Crippen LogP contribution in [-0.4, -0.2) is 15.6 Å². The van der Waals surface area contributed by atoms with Crippen LogP contribution in [-0.2, 0) is 29.5 Å². The van der Waals surface area contributed by atoms with Gasteiger partial charge in [0, 0.05) is 28.6 Å². The number of alkyl halides is 3. The summed E-state index contributed by atoms with van der Waals surface area (Å²) in [6.07, 6.45) is 2.36. The van der Waals surface area contributed by atoms with Crippen LogP contribution in [0.1, 0.15) is 79.7 Å². The van der Waals surface area contributed by atoms with Gasteiger partial charge in [0.05, 0.1) is 12.0 Å². The summed E-state index contributed by atoms with van der Waals surface area (Å²) in [5.74, 6) is 0.238. The monoisotopic (exact) mass is 497 g/mol. The third kappa shape index (κ3) is 4.06. The van der Waals surface area contributed by atoms with Crippen LogP contribution < -0.4 is 4.74 Å². The summed E-state index contributed by atoms with van der Waals surface area (Å²) in [7, 11) is 0. The summed E-state index contributed by atoms with van der Waals surface area (Å²) in [4.78, 5) is 11.7. The van der Waals surface area contributed by atoms with Gasteiger partial charge in [0.15, 0.2) is 0 Å². The Hall–Kier alpha value is -2.96. The zero-order valence-corrected chi connectivity index (χ0v) is 20.1. The molecule has 1 unspecified atom stereocenters. The summed E-state index contributed by atoms with van der Waals surface area (Å²) in [6.45, 7) is 0.856. The molecule has 3 aliphatic rings. The molecule has 1 aromatic heterocycles. The lowest BCUT2D eigenvalue weighted by Gasteiger charge is -2.26. The van der Waals surface area contributed by atoms with Crippen molar-refractivity contribution in [3.05, 3.63) is 64.8 Å². The summed E-state index contributed by atoms with van der Waals surface area (Å²) in [5, 5.41) is 10.6. The molecule has 2 aromatic carbocycles. The Morgan fingerprint density at radius 1 is 1.06 bits per heavy atom. The largest absolute Gasteiger partial charge is 0.489 e. The molecule has 190 valence electrons. The first-order chi connectivity index (χ1) is 17.2. The molecule has 1 N–H and O–H groups in total. The average molecular weight is 498 g/mol. The Balaban J connectivity index is 1.24. The summed E-state index contributed by atoms with van der Waals surface area (Å²) in [5.41, 5.74) is 2.21. The maximum Gasteiger partial charge on any atom is 0.416 e. The van der Waals surface area contributed by atoms with Crippen molar-refractivity contribution in [1.29, 1.82) is 0 Å². The number of fused-ring (bicyclic) bond motifs is 3. The number of aromatic nitrogens is 1. The molecule has 0 amide bonds. The highest BCUT2D eigenvalue weighted by Crippen LogP contribution is 2.55. The Bertz CT molecular complexity index is 1320.